The van der Waals surface area contributed by atoms with Gasteiger partial charge in [0.05, 0.1) is 18.1 Å². The number of carbonyl (C=O) groups is 1. The number of nitrogens with two attached hydrogens (primary N) is 1. The summed E-state index contributed by atoms with van der Waals surface area (Å²) in [6.45, 7) is 0.337. The molecule has 0 heterocycles. The zero-order valence-corrected chi connectivity index (χ0v) is 11.1. The molecule has 4 heteroatoms. The first-order valence-electron chi connectivity index (χ1n) is 6.86. The number of amides is 1. The summed E-state index contributed by atoms with van der Waals surface area (Å²) in [6, 6.07) is 9.62. The maximum absolute atomic E-state index is 12.2. The van der Waals surface area contributed by atoms with Crippen LogP contribution in [0, 0.1) is 5.41 Å². The topological polar surface area (TPSA) is 75.4 Å². The third kappa shape index (κ3) is 3.14. The normalized spacial score (nSPS) is 18.4. The predicted octanol–water partition coefficient (Wildman–Crippen LogP) is 0.835. The lowest BCUT2D eigenvalue weighted by atomic mass is 9.68. The number of nitrogens with one attached hydrogen (secondary N) is 1. The Hall–Kier alpha value is -1.39. The van der Waals surface area contributed by atoms with E-state index in [1.165, 1.54) is 0 Å². The lowest BCUT2D eigenvalue weighted by Gasteiger charge is -2.40. The fraction of sp³-hybridized carbons (Fsp3) is 0.533. The van der Waals surface area contributed by atoms with Gasteiger partial charge in [-0.1, -0.05) is 36.8 Å². The van der Waals surface area contributed by atoms with Crippen LogP contribution in [0.2, 0.25) is 0 Å². The van der Waals surface area contributed by atoms with Crippen molar-refractivity contribution in [1.82, 2.24) is 5.32 Å². The molecule has 1 amide bonds. The van der Waals surface area contributed by atoms with E-state index in [9.17, 15) is 9.90 Å². The van der Waals surface area contributed by atoms with E-state index in [1.807, 2.05) is 30.3 Å². The number of hydrogen-bond acceptors (Lipinski definition) is 3. The van der Waals surface area contributed by atoms with Crippen LogP contribution in [0.1, 0.15) is 24.8 Å². The van der Waals surface area contributed by atoms with Gasteiger partial charge in [-0.2, -0.15) is 0 Å². The Bertz CT molecular complexity index is 410. The third-order valence-electron chi connectivity index (χ3n) is 4.06. The van der Waals surface area contributed by atoms with Crippen molar-refractivity contribution in [3.63, 3.8) is 0 Å². The summed E-state index contributed by atoms with van der Waals surface area (Å²) in [5.74, 6) is -0.00349. The summed E-state index contributed by atoms with van der Waals surface area (Å²) in [4.78, 5) is 12.2. The fourth-order valence-corrected chi connectivity index (χ4v) is 2.53. The zero-order chi connectivity index (χ0) is 13.7. The largest absolute Gasteiger partial charge is 0.394 e. The zero-order valence-electron chi connectivity index (χ0n) is 11.1. The maximum atomic E-state index is 12.2. The average Bonchev–Trinajstić information content (AvgIpc) is 2.38. The highest BCUT2D eigenvalue weighted by molar-refractivity contribution is 5.84. The lowest BCUT2D eigenvalue weighted by molar-refractivity contribution is -0.136. The molecule has 1 aromatic rings. The number of aliphatic hydroxyl groups excluding tert-OH is 1. The van der Waals surface area contributed by atoms with Gasteiger partial charge in [0.15, 0.2) is 0 Å². The van der Waals surface area contributed by atoms with Crippen LogP contribution in [0.3, 0.4) is 0 Å². The van der Waals surface area contributed by atoms with Gasteiger partial charge in [-0.25, -0.2) is 0 Å². The minimum Gasteiger partial charge on any atom is -0.394 e. The molecule has 2 rings (SSSR count). The van der Waals surface area contributed by atoms with Gasteiger partial charge in [0.25, 0.3) is 0 Å². The second-order valence-corrected chi connectivity index (χ2v) is 5.38. The molecule has 4 nitrogen and oxygen atoms in total. The van der Waals surface area contributed by atoms with Gasteiger partial charge >= 0.3 is 0 Å². The first-order valence-corrected chi connectivity index (χ1v) is 6.86. The first-order chi connectivity index (χ1) is 9.20. The average molecular weight is 262 g/mol. The summed E-state index contributed by atoms with van der Waals surface area (Å²) < 4.78 is 0. The number of benzene rings is 1. The molecule has 0 aliphatic heterocycles. The van der Waals surface area contributed by atoms with Crippen molar-refractivity contribution in [2.75, 3.05) is 13.2 Å². The molecule has 0 bridgehead atoms. The van der Waals surface area contributed by atoms with Crippen molar-refractivity contribution in [3.05, 3.63) is 35.9 Å². The van der Waals surface area contributed by atoms with E-state index in [1.54, 1.807) is 0 Å². The van der Waals surface area contributed by atoms with Crippen molar-refractivity contribution in [2.45, 2.75) is 31.7 Å². The highest BCUT2D eigenvalue weighted by atomic mass is 16.3. The molecule has 1 aliphatic carbocycles. The van der Waals surface area contributed by atoms with E-state index in [-0.39, 0.29) is 24.0 Å². The Labute approximate surface area is 114 Å². The molecule has 4 N–H and O–H groups in total. The monoisotopic (exact) mass is 262 g/mol. The molecule has 1 fully saturated rings. The Kier molecular flexibility index (Phi) is 4.56. The van der Waals surface area contributed by atoms with Gasteiger partial charge in [0, 0.05) is 6.54 Å². The van der Waals surface area contributed by atoms with Crippen LogP contribution in [-0.2, 0) is 11.2 Å². The summed E-state index contributed by atoms with van der Waals surface area (Å²) in [5.41, 5.74) is 6.44. The minimum absolute atomic E-state index is 0.00349. The highest BCUT2D eigenvalue weighted by Crippen LogP contribution is 2.40. The van der Waals surface area contributed by atoms with Crippen LogP contribution >= 0.6 is 0 Å². The molecular formula is C15H22N2O2. The Morgan fingerprint density at radius 2 is 2.05 bits per heavy atom. The highest BCUT2D eigenvalue weighted by Gasteiger charge is 2.43. The Balaban J connectivity index is 1.94. The van der Waals surface area contributed by atoms with Crippen LogP contribution in [0.5, 0.6) is 0 Å². The molecule has 0 radical (unpaired) electrons. The molecule has 19 heavy (non-hydrogen) atoms. The summed E-state index contributed by atoms with van der Waals surface area (Å²) in [6.07, 6.45) is 3.43. The molecule has 1 aliphatic rings. The van der Waals surface area contributed by atoms with Crippen LogP contribution in [0.15, 0.2) is 30.3 Å². The van der Waals surface area contributed by atoms with Crippen LogP contribution in [0.25, 0.3) is 0 Å². The molecule has 1 unspecified atom stereocenters. The van der Waals surface area contributed by atoms with E-state index in [2.05, 4.69) is 5.32 Å². The lowest BCUT2D eigenvalue weighted by Crippen LogP contribution is -2.53. The number of carbonyl (C=O) groups excluding carboxylic acids is 1. The molecule has 1 saturated carbocycles. The van der Waals surface area contributed by atoms with Gasteiger partial charge < -0.3 is 16.2 Å². The first kappa shape index (κ1) is 14.0. The Morgan fingerprint density at radius 1 is 1.37 bits per heavy atom. The van der Waals surface area contributed by atoms with Crippen LogP contribution in [0.4, 0.5) is 0 Å². The maximum Gasteiger partial charge on any atom is 0.227 e. The fourth-order valence-electron chi connectivity index (χ4n) is 2.53. The minimum atomic E-state index is -0.385. The molecular weight excluding hydrogens is 240 g/mol. The second kappa shape index (κ2) is 6.17. The molecule has 1 aromatic carbocycles. The smallest absolute Gasteiger partial charge is 0.227 e. The number of hydrogen-bond donors (Lipinski definition) is 3. The van der Waals surface area contributed by atoms with Crippen LogP contribution in [-0.4, -0.2) is 30.2 Å². The molecule has 0 saturated heterocycles. The second-order valence-electron chi connectivity index (χ2n) is 5.38. The van der Waals surface area contributed by atoms with E-state index in [0.717, 1.165) is 24.8 Å². The van der Waals surface area contributed by atoms with Crippen molar-refractivity contribution >= 4 is 5.91 Å². The van der Waals surface area contributed by atoms with Crippen molar-refractivity contribution in [1.29, 1.82) is 0 Å². The quantitative estimate of drug-likeness (QED) is 0.711. The molecule has 1 atom stereocenters. The molecule has 0 spiro atoms. The van der Waals surface area contributed by atoms with Crippen molar-refractivity contribution in [3.8, 4) is 0 Å². The van der Waals surface area contributed by atoms with Gasteiger partial charge in [-0.3, -0.25) is 4.79 Å². The van der Waals surface area contributed by atoms with E-state index < -0.39 is 0 Å². The van der Waals surface area contributed by atoms with Crippen molar-refractivity contribution < 1.29 is 9.90 Å². The van der Waals surface area contributed by atoms with E-state index in [0.29, 0.717) is 13.0 Å². The van der Waals surface area contributed by atoms with Gasteiger partial charge in [0.1, 0.15) is 0 Å². The van der Waals surface area contributed by atoms with Gasteiger partial charge in [-0.15, -0.1) is 0 Å². The molecule has 0 aromatic heterocycles. The van der Waals surface area contributed by atoms with Gasteiger partial charge in [-0.05, 0) is 24.8 Å². The number of rotatable bonds is 6. The van der Waals surface area contributed by atoms with Crippen molar-refractivity contribution in [2.24, 2.45) is 11.1 Å². The third-order valence-corrected chi connectivity index (χ3v) is 4.06. The SMILES string of the molecule is NCC1(C(=O)NC(CO)Cc2ccccc2)CCC1. The van der Waals surface area contributed by atoms with E-state index in [4.69, 9.17) is 5.73 Å². The van der Waals surface area contributed by atoms with Crippen LogP contribution < -0.4 is 11.1 Å². The summed E-state index contributed by atoms with van der Waals surface area (Å²) in [5, 5.41) is 12.4. The van der Waals surface area contributed by atoms with E-state index >= 15 is 0 Å². The summed E-state index contributed by atoms with van der Waals surface area (Å²) in [7, 11) is 0. The Morgan fingerprint density at radius 3 is 2.53 bits per heavy atom. The predicted molar refractivity (Wildman–Crippen MR) is 74.5 cm³/mol. The standard InChI is InChI=1S/C15H22N2O2/c16-11-15(7-4-8-15)14(19)17-13(10-18)9-12-5-2-1-3-6-12/h1-3,5-6,13,18H,4,7-11,16H2,(H,17,19). The molecule has 104 valence electrons. The van der Waals surface area contributed by atoms with Gasteiger partial charge in [0.2, 0.25) is 5.91 Å². The summed E-state index contributed by atoms with van der Waals surface area (Å²) >= 11 is 0. The number of aliphatic hydroxyl groups is 1.